The minimum Gasteiger partial charge on any atom is -0.490 e. The lowest BCUT2D eigenvalue weighted by Gasteiger charge is -2.09. The third kappa shape index (κ3) is 6.75. The Morgan fingerprint density at radius 1 is 0.909 bits per heavy atom. The lowest BCUT2D eigenvalue weighted by molar-refractivity contribution is 0.288. The zero-order chi connectivity index (χ0) is 16.4. The number of hydrogen-bond donors (Lipinski definition) is 2. The summed E-state index contributed by atoms with van der Waals surface area (Å²) in [6.45, 7) is 2.51. The van der Waals surface area contributed by atoms with Gasteiger partial charge in [-0.1, -0.05) is 51.9 Å². The van der Waals surface area contributed by atoms with E-state index in [2.05, 4.69) is 6.92 Å². The smallest absolute Gasteiger partial charge is 0.490 e. The third-order valence-electron chi connectivity index (χ3n) is 3.58. The summed E-state index contributed by atoms with van der Waals surface area (Å²) in [4.78, 5) is 0. The Morgan fingerprint density at radius 2 is 1.50 bits per heavy atom. The minimum atomic E-state index is -2.03. The van der Waals surface area contributed by atoms with E-state index in [1.54, 1.807) is 0 Å². The average Bonchev–Trinajstić information content (AvgIpc) is 2.48. The highest BCUT2D eigenvalue weighted by Crippen LogP contribution is 2.18. The van der Waals surface area contributed by atoms with Gasteiger partial charge in [-0.25, -0.2) is 8.78 Å². The number of hydrogen-bond acceptors (Lipinski definition) is 3. The maximum absolute atomic E-state index is 13.6. The molecule has 1 rings (SSSR count). The molecule has 0 amide bonds. The molecule has 0 spiro atoms. The van der Waals surface area contributed by atoms with Crippen LogP contribution >= 0.6 is 0 Å². The average molecular weight is 314 g/mol. The normalized spacial score (nSPS) is 10.8. The van der Waals surface area contributed by atoms with E-state index in [-0.39, 0.29) is 5.75 Å². The van der Waals surface area contributed by atoms with E-state index >= 15 is 0 Å². The van der Waals surface area contributed by atoms with Gasteiger partial charge in [0.15, 0.2) is 11.6 Å². The van der Waals surface area contributed by atoms with Gasteiger partial charge in [-0.2, -0.15) is 0 Å². The quantitative estimate of drug-likeness (QED) is 0.487. The lowest BCUT2D eigenvalue weighted by atomic mass is 9.80. The molecule has 0 saturated heterocycles. The molecule has 1 aromatic rings. The predicted octanol–water partition coefficient (Wildman–Crippen LogP) is 3.16. The summed E-state index contributed by atoms with van der Waals surface area (Å²) in [5.41, 5.74) is -0.489. The van der Waals surface area contributed by atoms with Gasteiger partial charge in [0.25, 0.3) is 0 Å². The molecule has 6 heteroatoms. The van der Waals surface area contributed by atoms with E-state index in [4.69, 9.17) is 14.8 Å². The largest absolute Gasteiger partial charge is 0.491 e. The summed E-state index contributed by atoms with van der Waals surface area (Å²) >= 11 is 0. The topological polar surface area (TPSA) is 49.7 Å². The van der Waals surface area contributed by atoms with Gasteiger partial charge in [0.05, 0.1) is 6.61 Å². The SMILES string of the molecule is CCCCCCCCCCOc1cc(F)c(B(O)O)cc1F. The van der Waals surface area contributed by atoms with Crippen LogP contribution in [0.5, 0.6) is 5.75 Å². The van der Waals surface area contributed by atoms with Crippen LogP contribution in [-0.2, 0) is 0 Å². The van der Waals surface area contributed by atoms with E-state index in [1.165, 1.54) is 32.1 Å². The Labute approximate surface area is 131 Å². The molecule has 124 valence electrons. The van der Waals surface area contributed by atoms with Crippen LogP contribution in [0.2, 0.25) is 0 Å². The third-order valence-corrected chi connectivity index (χ3v) is 3.58. The summed E-state index contributed by atoms with van der Waals surface area (Å²) in [6, 6.07) is 1.61. The lowest BCUT2D eigenvalue weighted by Crippen LogP contribution is -2.33. The highest BCUT2D eigenvalue weighted by molar-refractivity contribution is 6.58. The second-order valence-corrected chi connectivity index (χ2v) is 5.50. The first kappa shape index (κ1) is 18.9. The molecule has 22 heavy (non-hydrogen) atoms. The summed E-state index contributed by atoms with van der Waals surface area (Å²) in [6.07, 6.45) is 9.17. The molecule has 0 aromatic heterocycles. The van der Waals surface area contributed by atoms with Crippen molar-refractivity contribution < 1.29 is 23.6 Å². The summed E-state index contributed by atoms with van der Waals surface area (Å²) in [5.74, 6) is -1.86. The second kappa shape index (κ2) is 10.6. The molecule has 0 radical (unpaired) electrons. The fourth-order valence-electron chi connectivity index (χ4n) is 2.27. The van der Waals surface area contributed by atoms with Gasteiger partial charge in [-0.05, 0) is 12.5 Å². The van der Waals surface area contributed by atoms with Crippen LogP contribution in [0.4, 0.5) is 8.78 Å². The van der Waals surface area contributed by atoms with Crippen molar-refractivity contribution in [1.29, 1.82) is 0 Å². The highest BCUT2D eigenvalue weighted by Gasteiger charge is 2.20. The van der Waals surface area contributed by atoms with Crippen LogP contribution < -0.4 is 10.2 Å². The van der Waals surface area contributed by atoms with E-state index in [0.717, 1.165) is 31.4 Å². The second-order valence-electron chi connectivity index (χ2n) is 5.50. The van der Waals surface area contributed by atoms with Crippen LogP contribution in [0, 0.1) is 11.6 Å². The number of ether oxygens (including phenoxy) is 1. The predicted molar refractivity (Wildman–Crippen MR) is 84.3 cm³/mol. The van der Waals surface area contributed by atoms with E-state index in [9.17, 15) is 8.78 Å². The molecule has 0 unspecified atom stereocenters. The molecule has 0 heterocycles. The van der Waals surface area contributed by atoms with Gasteiger partial charge in [0.2, 0.25) is 0 Å². The molecule has 0 saturated carbocycles. The summed E-state index contributed by atoms with van der Waals surface area (Å²) < 4.78 is 32.3. The summed E-state index contributed by atoms with van der Waals surface area (Å²) in [5, 5.41) is 17.8. The van der Waals surface area contributed by atoms with Gasteiger partial charge in [-0.15, -0.1) is 0 Å². The maximum atomic E-state index is 13.6. The maximum Gasteiger partial charge on any atom is 0.491 e. The van der Waals surface area contributed by atoms with Crippen molar-refractivity contribution in [3.63, 3.8) is 0 Å². The van der Waals surface area contributed by atoms with Crippen LogP contribution in [0.1, 0.15) is 58.3 Å². The Bertz CT molecular complexity index is 442. The number of benzene rings is 1. The Balaban J connectivity index is 2.24. The van der Waals surface area contributed by atoms with Crippen LogP contribution in [-0.4, -0.2) is 23.8 Å². The standard InChI is InChI=1S/C16H25BF2O3/c1-2-3-4-5-6-7-8-9-10-22-16-12-14(18)13(17(20)21)11-15(16)19/h11-12,20-21H,2-10H2,1H3. The van der Waals surface area contributed by atoms with Crippen molar-refractivity contribution in [2.75, 3.05) is 6.61 Å². The van der Waals surface area contributed by atoms with Gasteiger partial charge in [-0.3, -0.25) is 0 Å². The minimum absolute atomic E-state index is 0.190. The first-order valence-electron chi connectivity index (χ1n) is 8.04. The van der Waals surface area contributed by atoms with E-state index < -0.39 is 24.2 Å². The van der Waals surface area contributed by atoms with Crippen molar-refractivity contribution in [1.82, 2.24) is 0 Å². The van der Waals surface area contributed by atoms with Crippen molar-refractivity contribution in [3.8, 4) is 5.75 Å². The molecule has 0 aliphatic rings. The van der Waals surface area contributed by atoms with Crippen molar-refractivity contribution >= 4 is 12.6 Å². The molecule has 0 aliphatic heterocycles. The van der Waals surface area contributed by atoms with Crippen LogP contribution in [0.25, 0.3) is 0 Å². The molecule has 0 atom stereocenters. The zero-order valence-electron chi connectivity index (χ0n) is 13.2. The first-order valence-corrected chi connectivity index (χ1v) is 8.04. The first-order chi connectivity index (χ1) is 10.6. The Hall–Kier alpha value is -1.14. The highest BCUT2D eigenvalue weighted by atomic mass is 19.1. The van der Waals surface area contributed by atoms with Crippen molar-refractivity contribution in [3.05, 3.63) is 23.8 Å². The Morgan fingerprint density at radius 3 is 2.09 bits per heavy atom. The molecule has 0 bridgehead atoms. The van der Waals surface area contributed by atoms with Gasteiger partial charge in [0.1, 0.15) is 5.82 Å². The molecule has 3 nitrogen and oxygen atoms in total. The van der Waals surface area contributed by atoms with Gasteiger partial charge >= 0.3 is 7.12 Å². The summed E-state index contributed by atoms with van der Waals surface area (Å²) in [7, 11) is -2.03. The van der Waals surface area contributed by atoms with Gasteiger partial charge < -0.3 is 14.8 Å². The van der Waals surface area contributed by atoms with Crippen molar-refractivity contribution in [2.24, 2.45) is 0 Å². The molecular weight excluding hydrogens is 289 g/mol. The van der Waals surface area contributed by atoms with Crippen LogP contribution in [0.15, 0.2) is 12.1 Å². The molecule has 2 N–H and O–H groups in total. The Kier molecular flexibility index (Phi) is 9.08. The molecule has 1 aromatic carbocycles. The molecule has 0 fully saturated rings. The van der Waals surface area contributed by atoms with Crippen molar-refractivity contribution in [2.45, 2.75) is 58.3 Å². The van der Waals surface area contributed by atoms with E-state index in [0.29, 0.717) is 6.61 Å². The monoisotopic (exact) mass is 314 g/mol. The zero-order valence-corrected chi connectivity index (χ0v) is 13.2. The van der Waals surface area contributed by atoms with E-state index in [1.807, 2.05) is 0 Å². The molecule has 0 aliphatic carbocycles. The number of unbranched alkanes of at least 4 members (excludes halogenated alkanes) is 7. The number of halogens is 2. The fourth-order valence-corrected chi connectivity index (χ4v) is 2.27. The van der Waals surface area contributed by atoms with Crippen LogP contribution in [0.3, 0.4) is 0 Å². The number of rotatable bonds is 11. The van der Waals surface area contributed by atoms with Gasteiger partial charge in [0, 0.05) is 11.5 Å². The fraction of sp³-hybridized carbons (Fsp3) is 0.625. The molecular formula is C16H25BF2O3.